The average Bonchev–Trinajstić information content (AvgIpc) is 2.78. The van der Waals surface area contributed by atoms with Crippen molar-refractivity contribution in [1.29, 1.82) is 0 Å². The number of aryl methyl sites for hydroxylation is 1. The number of nitrogens with one attached hydrogen (secondary N) is 1. The third kappa shape index (κ3) is 2.64. The summed E-state index contributed by atoms with van der Waals surface area (Å²) in [6.45, 7) is 4.50. The molecule has 1 aromatic rings. The van der Waals surface area contributed by atoms with Gasteiger partial charge >= 0.3 is 0 Å². The van der Waals surface area contributed by atoms with Gasteiger partial charge in [0.15, 0.2) is 0 Å². The highest BCUT2D eigenvalue weighted by atomic mass is 127. The third-order valence-electron chi connectivity index (χ3n) is 3.05. The van der Waals surface area contributed by atoms with Crippen LogP contribution in [0.25, 0.3) is 0 Å². The Bertz CT molecular complexity index is 310. The fourth-order valence-electron chi connectivity index (χ4n) is 2.03. The maximum atomic E-state index is 3.31. The van der Waals surface area contributed by atoms with Gasteiger partial charge in [0.25, 0.3) is 0 Å². The van der Waals surface area contributed by atoms with Gasteiger partial charge in [-0.05, 0) is 30.5 Å². The molecule has 0 bridgehead atoms. The minimum atomic E-state index is 0.649. The quantitative estimate of drug-likeness (QED) is 0.681. The molecule has 0 radical (unpaired) electrons. The van der Waals surface area contributed by atoms with Gasteiger partial charge in [-0.3, -0.25) is 3.53 Å². The lowest BCUT2D eigenvalue weighted by Gasteiger charge is -2.18. The number of nitrogens with zero attached hydrogens (tertiary/aromatic N) is 1. The van der Waals surface area contributed by atoms with Crippen molar-refractivity contribution in [2.45, 2.75) is 25.8 Å². The van der Waals surface area contributed by atoms with Crippen LogP contribution >= 0.6 is 22.9 Å². The summed E-state index contributed by atoms with van der Waals surface area (Å²) in [5, 5.41) is 0. The monoisotopic (exact) mass is 316 g/mol. The van der Waals surface area contributed by atoms with Crippen LogP contribution in [0.2, 0.25) is 0 Å². The van der Waals surface area contributed by atoms with E-state index in [-0.39, 0.29) is 0 Å². The molecule has 1 atom stereocenters. The summed E-state index contributed by atoms with van der Waals surface area (Å²) in [4.78, 5) is 2.45. The molecule has 1 aromatic carbocycles. The van der Waals surface area contributed by atoms with E-state index in [2.05, 4.69) is 62.5 Å². The molecule has 1 fully saturated rings. The smallest absolute Gasteiger partial charge is 0.0366 e. The molecular weight excluding hydrogens is 299 g/mol. The number of anilines is 1. The summed E-state index contributed by atoms with van der Waals surface area (Å²) in [6.07, 6.45) is 2.37. The van der Waals surface area contributed by atoms with Crippen molar-refractivity contribution in [3.8, 4) is 0 Å². The van der Waals surface area contributed by atoms with Gasteiger partial charge < -0.3 is 4.90 Å². The molecule has 0 spiro atoms. The summed E-state index contributed by atoms with van der Waals surface area (Å²) < 4.78 is 3.31. The van der Waals surface area contributed by atoms with Gasteiger partial charge in [0.2, 0.25) is 0 Å². The molecule has 0 amide bonds. The van der Waals surface area contributed by atoms with Crippen LogP contribution in [-0.2, 0) is 6.42 Å². The van der Waals surface area contributed by atoms with Gasteiger partial charge in [0, 0.05) is 47.7 Å². The third-order valence-corrected chi connectivity index (χ3v) is 3.93. The van der Waals surface area contributed by atoms with Crippen LogP contribution in [0.4, 0.5) is 5.69 Å². The predicted octanol–water partition coefficient (Wildman–Crippen LogP) is 2.77. The van der Waals surface area contributed by atoms with E-state index in [9.17, 15) is 0 Å². The van der Waals surface area contributed by atoms with Crippen molar-refractivity contribution in [2.75, 3.05) is 18.0 Å². The maximum Gasteiger partial charge on any atom is 0.0366 e. The summed E-state index contributed by atoms with van der Waals surface area (Å²) in [7, 11) is 0. The van der Waals surface area contributed by atoms with Gasteiger partial charge in [-0.1, -0.05) is 19.1 Å². The number of hydrogen-bond acceptors (Lipinski definition) is 2. The second-order valence-electron chi connectivity index (χ2n) is 4.06. The van der Waals surface area contributed by atoms with Crippen molar-refractivity contribution in [3.63, 3.8) is 0 Å². The molecule has 1 heterocycles. The lowest BCUT2D eigenvalue weighted by atomic mass is 10.1. The van der Waals surface area contributed by atoms with Crippen LogP contribution in [0, 0.1) is 0 Å². The normalized spacial score (nSPS) is 20.9. The van der Waals surface area contributed by atoms with Crippen molar-refractivity contribution < 1.29 is 0 Å². The molecule has 1 aliphatic heterocycles. The lowest BCUT2D eigenvalue weighted by Crippen LogP contribution is -2.26. The molecule has 15 heavy (non-hydrogen) atoms. The molecule has 0 aromatic heterocycles. The first kappa shape index (κ1) is 11.2. The highest BCUT2D eigenvalue weighted by Gasteiger charge is 2.21. The number of rotatable bonds is 3. The molecule has 1 N–H and O–H groups in total. The Morgan fingerprint density at radius 3 is 2.67 bits per heavy atom. The lowest BCUT2D eigenvalue weighted by molar-refractivity contribution is 0.720. The molecule has 0 aliphatic carbocycles. The second kappa shape index (κ2) is 5.16. The zero-order chi connectivity index (χ0) is 10.7. The van der Waals surface area contributed by atoms with E-state index in [1.54, 1.807) is 0 Å². The molecule has 82 valence electrons. The zero-order valence-electron chi connectivity index (χ0n) is 9.04. The number of halogens is 1. The first-order valence-corrected chi connectivity index (χ1v) is 6.61. The zero-order valence-corrected chi connectivity index (χ0v) is 11.2. The average molecular weight is 316 g/mol. The van der Waals surface area contributed by atoms with Crippen molar-refractivity contribution in [3.05, 3.63) is 29.8 Å². The molecule has 0 saturated carbocycles. The topological polar surface area (TPSA) is 15.3 Å². The van der Waals surface area contributed by atoms with Crippen LogP contribution < -0.4 is 8.43 Å². The Morgan fingerprint density at radius 1 is 1.40 bits per heavy atom. The van der Waals surface area contributed by atoms with Crippen LogP contribution in [0.15, 0.2) is 24.3 Å². The van der Waals surface area contributed by atoms with E-state index in [1.807, 2.05) is 0 Å². The number of benzene rings is 1. The van der Waals surface area contributed by atoms with Crippen LogP contribution in [-0.4, -0.2) is 19.1 Å². The van der Waals surface area contributed by atoms with Gasteiger partial charge in [0.05, 0.1) is 0 Å². The fraction of sp³-hybridized carbons (Fsp3) is 0.500. The van der Waals surface area contributed by atoms with Crippen molar-refractivity contribution in [1.82, 2.24) is 3.53 Å². The van der Waals surface area contributed by atoms with Crippen LogP contribution in [0.1, 0.15) is 18.9 Å². The minimum absolute atomic E-state index is 0.649. The van der Waals surface area contributed by atoms with Gasteiger partial charge in [-0.2, -0.15) is 0 Å². The fourth-order valence-corrected chi connectivity index (χ4v) is 2.53. The molecule has 2 rings (SSSR count). The second-order valence-corrected chi connectivity index (χ2v) is 4.68. The van der Waals surface area contributed by atoms with E-state index in [0.29, 0.717) is 6.04 Å². The van der Waals surface area contributed by atoms with E-state index >= 15 is 0 Å². The highest BCUT2D eigenvalue weighted by Crippen LogP contribution is 2.21. The summed E-state index contributed by atoms with van der Waals surface area (Å²) in [5.74, 6) is 0. The standard InChI is InChI=1S/C12H17IN2/c1-2-10-3-5-12(6-4-10)15-8-7-11(9-15)14-13/h3-6,11,14H,2,7-9H2,1H3/t11-/m1/s1. The Balaban J connectivity index is 2.04. The van der Waals surface area contributed by atoms with Gasteiger partial charge in [-0.15, -0.1) is 0 Å². The van der Waals surface area contributed by atoms with Crippen molar-refractivity contribution >= 4 is 28.6 Å². The molecule has 0 unspecified atom stereocenters. The maximum absolute atomic E-state index is 3.31. The van der Waals surface area contributed by atoms with Gasteiger partial charge in [-0.25, -0.2) is 0 Å². The first-order valence-electron chi connectivity index (χ1n) is 5.53. The molecule has 3 heteroatoms. The Kier molecular flexibility index (Phi) is 3.86. The van der Waals surface area contributed by atoms with E-state index < -0.39 is 0 Å². The van der Waals surface area contributed by atoms with Crippen molar-refractivity contribution in [2.24, 2.45) is 0 Å². The molecule has 1 saturated heterocycles. The molecular formula is C12H17IN2. The van der Waals surface area contributed by atoms with E-state index in [1.165, 1.54) is 24.2 Å². The molecule has 2 nitrogen and oxygen atoms in total. The molecule has 1 aliphatic rings. The van der Waals surface area contributed by atoms with Crippen LogP contribution in [0.3, 0.4) is 0 Å². The summed E-state index contributed by atoms with van der Waals surface area (Å²) in [6, 6.07) is 9.61. The minimum Gasteiger partial charge on any atom is -0.370 e. The Morgan fingerprint density at radius 2 is 2.13 bits per heavy atom. The van der Waals surface area contributed by atoms with E-state index in [4.69, 9.17) is 0 Å². The first-order chi connectivity index (χ1) is 7.33. The Hall–Kier alpha value is -0.290. The summed E-state index contributed by atoms with van der Waals surface area (Å²) >= 11 is 2.25. The van der Waals surface area contributed by atoms with Gasteiger partial charge in [0.1, 0.15) is 0 Å². The predicted molar refractivity (Wildman–Crippen MR) is 73.6 cm³/mol. The largest absolute Gasteiger partial charge is 0.370 e. The number of hydrogen-bond donors (Lipinski definition) is 1. The summed E-state index contributed by atoms with van der Waals surface area (Å²) in [5.41, 5.74) is 2.78. The SMILES string of the molecule is CCc1ccc(N2CC[C@@H](NI)C2)cc1. The van der Waals surface area contributed by atoms with Crippen LogP contribution in [0.5, 0.6) is 0 Å². The highest BCUT2D eigenvalue weighted by molar-refractivity contribution is 14.1. The van der Waals surface area contributed by atoms with E-state index in [0.717, 1.165) is 13.0 Å². The Labute approximate surface area is 106 Å².